The van der Waals surface area contributed by atoms with Crippen molar-refractivity contribution in [2.75, 3.05) is 0 Å². The van der Waals surface area contributed by atoms with Gasteiger partial charge < -0.3 is 10.4 Å². The van der Waals surface area contributed by atoms with Crippen molar-refractivity contribution < 1.29 is 9.90 Å². The van der Waals surface area contributed by atoms with Gasteiger partial charge in [0.05, 0.1) is 0 Å². The van der Waals surface area contributed by atoms with E-state index in [2.05, 4.69) is 5.32 Å². The maximum atomic E-state index is 10.8. The molecule has 0 aliphatic heterocycles. The van der Waals surface area contributed by atoms with Gasteiger partial charge in [0.15, 0.2) is 0 Å². The zero-order chi connectivity index (χ0) is 13.1. The highest BCUT2D eigenvalue weighted by atomic mass is 32.1. The van der Waals surface area contributed by atoms with E-state index < -0.39 is 12.0 Å². The molecule has 0 unspecified atom stereocenters. The molecule has 0 aliphatic carbocycles. The Morgan fingerprint density at radius 3 is 2.56 bits per heavy atom. The standard InChI is InChI=1S/C14H13NO2S/c1-9(14(16)17)15-13(18)12-7-6-10-4-2-3-5-11(10)8-12/h2-9H,1H3,(H,15,18)(H,16,17)/t9-/m1/s1. The second-order valence-corrected chi connectivity index (χ2v) is 4.50. The third kappa shape index (κ3) is 2.65. The molecule has 0 saturated carbocycles. The molecule has 2 aromatic rings. The summed E-state index contributed by atoms with van der Waals surface area (Å²) in [7, 11) is 0. The summed E-state index contributed by atoms with van der Waals surface area (Å²) in [4.78, 5) is 11.2. The van der Waals surface area contributed by atoms with Crippen LogP contribution in [0.15, 0.2) is 42.5 Å². The van der Waals surface area contributed by atoms with Crippen LogP contribution < -0.4 is 5.32 Å². The monoisotopic (exact) mass is 259 g/mol. The van der Waals surface area contributed by atoms with Crippen molar-refractivity contribution in [3.05, 3.63) is 48.0 Å². The molecule has 18 heavy (non-hydrogen) atoms. The van der Waals surface area contributed by atoms with Gasteiger partial charge in [0.2, 0.25) is 0 Å². The lowest BCUT2D eigenvalue weighted by Gasteiger charge is -2.12. The number of carbonyl (C=O) groups is 1. The summed E-state index contributed by atoms with van der Waals surface area (Å²) in [5.41, 5.74) is 0.830. The molecular weight excluding hydrogens is 246 g/mol. The predicted molar refractivity (Wildman–Crippen MR) is 75.9 cm³/mol. The fraction of sp³-hybridized carbons (Fsp3) is 0.143. The summed E-state index contributed by atoms with van der Waals surface area (Å²) in [6.07, 6.45) is 0. The summed E-state index contributed by atoms with van der Waals surface area (Å²) in [6, 6.07) is 13.1. The molecule has 0 bridgehead atoms. The Kier molecular flexibility index (Phi) is 3.58. The largest absolute Gasteiger partial charge is 0.480 e. The van der Waals surface area contributed by atoms with Gasteiger partial charge in [-0.15, -0.1) is 0 Å². The van der Waals surface area contributed by atoms with Gasteiger partial charge in [-0.25, -0.2) is 0 Å². The Hall–Kier alpha value is -1.94. The number of carboxylic acid groups (broad SMARTS) is 1. The van der Waals surface area contributed by atoms with Gasteiger partial charge in [-0.1, -0.05) is 48.6 Å². The second kappa shape index (κ2) is 5.14. The fourth-order valence-corrected chi connectivity index (χ4v) is 1.98. The predicted octanol–water partition coefficient (Wildman–Crippen LogP) is 2.58. The average molecular weight is 259 g/mol. The van der Waals surface area contributed by atoms with E-state index in [9.17, 15) is 4.79 Å². The van der Waals surface area contributed by atoms with Crippen LogP contribution in [0.5, 0.6) is 0 Å². The maximum absolute atomic E-state index is 10.8. The van der Waals surface area contributed by atoms with E-state index in [4.69, 9.17) is 17.3 Å². The molecule has 0 saturated heterocycles. The van der Waals surface area contributed by atoms with E-state index in [1.807, 2.05) is 42.5 Å². The first-order chi connectivity index (χ1) is 8.58. The molecule has 1 atom stereocenters. The first kappa shape index (κ1) is 12.5. The highest BCUT2D eigenvalue weighted by Gasteiger charge is 2.12. The van der Waals surface area contributed by atoms with E-state index in [0.29, 0.717) is 4.99 Å². The summed E-state index contributed by atoms with van der Waals surface area (Å²) in [5, 5.41) is 13.8. The number of hydrogen-bond donors (Lipinski definition) is 2. The molecule has 4 heteroatoms. The molecule has 0 aromatic heterocycles. The minimum absolute atomic E-state index is 0.454. The van der Waals surface area contributed by atoms with Crippen LogP contribution in [0, 0.1) is 0 Å². The van der Waals surface area contributed by atoms with E-state index in [0.717, 1.165) is 16.3 Å². The maximum Gasteiger partial charge on any atom is 0.325 e. The Labute approximate surface area is 110 Å². The molecule has 2 aromatic carbocycles. The minimum Gasteiger partial charge on any atom is -0.480 e. The Balaban J connectivity index is 2.25. The summed E-state index contributed by atoms with van der Waals surface area (Å²) < 4.78 is 0. The first-order valence-electron chi connectivity index (χ1n) is 5.60. The van der Waals surface area contributed by atoms with Gasteiger partial charge in [-0.05, 0) is 23.8 Å². The Morgan fingerprint density at radius 1 is 1.22 bits per heavy atom. The molecule has 3 nitrogen and oxygen atoms in total. The highest BCUT2D eigenvalue weighted by Crippen LogP contribution is 2.15. The normalized spacial score (nSPS) is 12.1. The van der Waals surface area contributed by atoms with E-state index in [-0.39, 0.29) is 0 Å². The number of nitrogens with one attached hydrogen (secondary N) is 1. The van der Waals surface area contributed by atoms with Crippen molar-refractivity contribution in [2.24, 2.45) is 0 Å². The number of aliphatic carboxylic acids is 1. The van der Waals surface area contributed by atoms with Gasteiger partial charge in [-0.2, -0.15) is 0 Å². The topological polar surface area (TPSA) is 49.3 Å². The second-order valence-electron chi connectivity index (χ2n) is 4.10. The number of hydrogen-bond acceptors (Lipinski definition) is 2. The molecule has 0 fully saturated rings. The van der Waals surface area contributed by atoms with Crippen molar-refractivity contribution in [3.8, 4) is 0 Å². The molecule has 0 amide bonds. The molecule has 0 spiro atoms. The van der Waals surface area contributed by atoms with E-state index in [1.165, 1.54) is 0 Å². The smallest absolute Gasteiger partial charge is 0.325 e. The Morgan fingerprint density at radius 2 is 1.89 bits per heavy atom. The lowest BCUT2D eigenvalue weighted by molar-refractivity contribution is -0.138. The van der Waals surface area contributed by atoms with Crippen LogP contribution in [0.1, 0.15) is 12.5 Å². The van der Waals surface area contributed by atoms with Gasteiger partial charge in [0.25, 0.3) is 0 Å². The van der Waals surface area contributed by atoms with Gasteiger partial charge in [-0.3, -0.25) is 4.79 Å². The van der Waals surface area contributed by atoms with Crippen LogP contribution in [0.25, 0.3) is 10.8 Å². The zero-order valence-electron chi connectivity index (χ0n) is 9.88. The van der Waals surface area contributed by atoms with Crippen LogP contribution >= 0.6 is 12.2 Å². The van der Waals surface area contributed by atoms with Crippen LogP contribution in [0.2, 0.25) is 0 Å². The van der Waals surface area contributed by atoms with Crippen molar-refractivity contribution in [3.63, 3.8) is 0 Å². The molecule has 0 heterocycles. The molecule has 0 aliphatic rings. The number of rotatable bonds is 3. The van der Waals surface area contributed by atoms with Crippen LogP contribution in [-0.4, -0.2) is 22.1 Å². The lowest BCUT2D eigenvalue weighted by Crippen LogP contribution is -2.37. The van der Waals surface area contributed by atoms with Crippen LogP contribution in [0.3, 0.4) is 0 Å². The lowest BCUT2D eigenvalue weighted by atomic mass is 10.1. The van der Waals surface area contributed by atoms with Gasteiger partial charge >= 0.3 is 5.97 Å². The van der Waals surface area contributed by atoms with Crippen molar-refractivity contribution >= 4 is 33.9 Å². The summed E-state index contributed by atoms with van der Waals surface area (Å²) >= 11 is 5.20. The molecule has 92 valence electrons. The molecular formula is C14H13NO2S. The average Bonchev–Trinajstić information content (AvgIpc) is 2.37. The highest BCUT2D eigenvalue weighted by molar-refractivity contribution is 7.80. The Bertz CT molecular complexity index is 610. The summed E-state index contributed by atoms with van der Waals surface area (Å²) in [6.45, 7) is 1.57. The number of fused-ring (bicyclic) bond motifs is 1. The molecule has 2 N–H and O–H groups in total. The van der Waals surface area contributed by atoms with Crippen LogP contribution in [-0.2, 0) is 4.79 Å². The number of carboxylic acids is 1. The molecule has 0 radical (unpaired) electrons. The van der Waals surface area contributed by atoms with E-state index in [1.54, 1.807) is 6.92 Å². The number of thiocarbonyl (C=S) groups is 1. The minimum atomic E-state index is -0.918. The van der Waals surface area contributed by atoms with E-state index >= 15 is 0 Å². The fourth-order valence-electron chi connectivity index (χ4n) is 1.67. The third-order valence-electron chi connectivity index (χ3n) is 2.73. The van der Waals surface area contributed by atoms with Crippen molar-refractivity contribution in [1.82, 2.24) is 5.32 Å². The van der Waals surface area contributed by atoms with Gasteiger partial charge in [0.1, 0.15) is 11.0 Å². The van der Waals surface area contributed by atoms with Crippen molar-refractivity contribution in [1.29, 1.82) is 0 Å². The van der Waals surface area contributed by atoms with Crippen LogP contribution in [0.4, 0.5) is 0 Å². The number of benzene rings is 2. The third-order valence-corrected chi connectivity index (χ3v) is 3.08. The molecule has 2 rings (SSSR count). The first-order valence-corrected chi connectivity index (χ1v) is 6.01. The summed E-state index contributed by atoms with van der Waals surface area (Å²) in [5.74, 6) is -0.918. The zero-order valence-corrected chi connectivity index (χ0v) is 10.7. The van der Waals surface area contributed by atoms with Gasteiger partial charge in [0, 0.05) is 5.56 Å². The quantitative estimate of drug-likeness (QED) is 0.832. The van der Waals surface area contributed by atoms with Crippen molar-refractivity contribution in [2.45, 2.75) is 13.0 Å². The SMILES string of the molecule is C[C@@H](NC(=S)c1ccc2ccccc2c1)C(=O)O.